The molecule has 2 bridgehead atoms. The Kier molecular flexibility index (Phi) is 4.37. The zero-order chi connectivity index (χ0) is 13.0. The molecule has 3 nitrogen and oxygen atoms in total. The van der Waals surface area contributed by atoms with Gasteiger partial charge in [-0.15, -0.1) is 0 Å². The minimum atomic E-state index is 0.250. The average molecular weight is 246 g/mol. The largest absolute Gasteiger partial charge is 0.372 e. The topological polar surface area (TPSA) is 55.1 Å². The summed E-state index contributed by atoms with van der Waals surface area (Å²) in [4.78, 5) is 8.58. The number of hydrogen-bond acceptors (Lipinski definition) is 2. The van der Waals surface area contributed by atoms with Gasteiger partial charge in [0.25, 0.3) is 0 Å². The summed E-state index contributed by atoms with van der Waals surface area (Å²) in [5.41, 5.74) is 7.13. The molecule has 2 atom stereocenters. The lowest BCUT2D eigenvalue weighted by molar-refractivity contribution is -0.106. The van der Waals surface area contributed by atoms with Gasteiger partial charge in [0, 0.05) is 12.1 Å². The molecule has 1 amide bonds. The van der Waals surface area contributed by atoms with Crippen molar-refractivity contribution in [2.24, 2.45) is 5.73 Å². The predicted octanol–water partition coefficient (Wildman–Crippen LogP) is 2.09. The monoisotopic (exact) mass is 246 g/mol. The summed E-state index contributed by atoms with van der Waals surface area (Å²) in [6.45, 7) is 2.19. The highest BCUT2D eigenvalue weighted by Gasteiger charge is 2.33. The molecule has 0 spiro atoms. The average Bonchev–Trinajstić information content (AvgIpc) is 2.69. The van der Waals surface area contributed by atoms with E-state index >= 15 is 0 Å². The van der Waals surface area contributed by atoms with Crippen molar-refractivity contribution in [2.45, 2.75) is 50.6 Å². The number of nitrogens with one attached hydrogen (secondary N) is 1. The van der Waals surface area contributed by atoms with E-state index in [1.165, 1.54) is 31.2 Å². The molecule has 0 aromatic heterocycles. The Hall–Kier alpha value is -1.35. The van der Waals surface area contributed by atoms with Gasteiger partial charge in [-0.2, -0.15) is 0 Å². The molecular weight excluding hydrogens is 224 g/mol. The zero-order valence-corrected chi connectivity index (χ0v) is 10.9. The Morgan fingerprint density at radius 3 is 2.44 bits per heavy atom. The van der Waals surface area contributed by atoms with Gasteiger partial charge >= 0.3 is 0 Å². The SMILES string of the molecule is Cc1cccc(C2CC3CCC(C2)N3)c1.NC=O. The number of aryl methyl sites for hydroxylation is 1. The van der Waals surface area contributed by atoms with E-state index in [1.54, 1.807) is 5.56 Å². The van der Waals surface area contributed by atoms with E-state index in [1.807, 2.05) is 0 Å². The van der Waals surface area contributed by atoms with Gasteiger partial charge in [0.05, 0.1) is 0 Å². The van der Waals surface area contributed by atoms with Crippen LogP contribution >= 0.6 is 0 Å². The minimum Gasteiger partial charge on any atom is -0.372 e. The fourth-order valence-corrected chi connectivity index (χ4v) is 3.25. The van der Waals surface area contributed by atoms with Gasteiger partial charge in [-0.25, -0.2) is 0 Å². The second-order valence-corrected chi connectivity index (χ2v) is 5.36. The van der Waals surface area contributed by atoms with Gasteiger partial charge in [0.15, 0.2) is 0 Å². The molecule has 3 rings (SSSR count). The lowest BCUT2D eigenvalue weighted by Crippen LogP contribution is -2.37. The van der Waals surface area contributed by atoms with Crippen LogP contribution in [0.1, 0.15) is 42.7 Å². The van der Waals surface area contributed by atoms with E-state index in [4.69, 9.17) is 4.79 Å². The van der Waals surface area contributed by atoms with E-state index in [2.05, 4.69) is 42.2 Å². The summed E-state index contributed by atoms with van der Waals surface area (Å²) in [5, 5.41) is 3.70. The van der Waals surface area contributed by atoms with Gasteiger partial charge in [0.1, 0.15) is 0 Å². The summed E-state index contributed by atoms with van der Waals surface area (Å²) in [6, 6.07) is 10.7. The predicted molar refractivity (Wildman–Crippen MR) is 73.4 cm³/mol. The number of rotatable bonds is 1. The number of fused-ring (bicyclic) bond motifs is 2. The highest BCUT2D eigenvalue weighted by Crippen LogP contribution is 2.37. The van der Waals surface area contributed by atoms with E-state index in [-0.39, 0.29) is 6.41 Å². The van der Waals surface area contributed by atoms with Crippen LogP contribution in [-0.2, 0) is 4.79 Å². The molecule has 3 N–H and O–H groups in total. The number of piperidine rings is 1. The Morgan fingerprint density at radius 1 is 1.28 bits per heavy atom. The molecule has 2 unspecified atom stereocenters. The Morgan fingerprint density at radius 2 is 1.89 bits per heavy atom. The van der Waals surface area contributed by atoms with Gasteiger partial charge in [-0.1, -0.05) is 29.8 Å². The highest BCUT2D eigenvalue weighted by atomic mass is 16.1. The van der Waals surface area contributed by atoms with Crippen molar-refractivity contribution in [3.8, 4) is 0 Å². The van der Waals surface area contributed by atoms with E-state index < -0.39 is 0 Å². The maximum Gasteiger partial charge on any atom is 0.204 e. The van der Waals surface area contributed by atoms with Crippen LogP contribution in [0.3, 0.4) is 0 Å². The van der Waals surface area contributed by atoms with Crippen LogP contribution in [-0.4, -0.2) is 18.5 Å². The number of primary amides is 1. The number of carbonyl (C=O) groups excluding carboxylic acids is 1. The lowest BCUT2D eigenvalue weighted by atomic mass is 9.86. The highest BCUT2D eigenvalue weighted by molar-refractivity contribution is 5.42. The van der Waals surface area contributed by atoms with Gasteiger partial charge < -0.3 is 11.1 Å². The molecule has 2 aliphatic rings. The molecular formula is C15H22N2O. The standard InChI is InChI=1S/C14H19N.CH3NO/c1-10-3-2-4-11(7-10)12-8-13-5-6-14(9-12)15-13;2-1-3/h2-4,7,12-15H,5-6,8-9H2,1H3;1H,(H2,2,3). The van der Waals surface area contributed by atoms with Crippen molar-refractivity contribution >= 4 is 6.41 Å². The number of benzene rings is 1. The van der Waals surface area contributed by atoms with Crippen LogP contribution in [0.5, 0.6) is 0 Å². The molecule has 2 heterocycles. The summed E-state index contributed by atoms with van der Waals surface area (Å²) in [5.74, 6) is 0.809. The van der Waals surface area contributed by atoms with Crippen LogP contribution in [0, 0.1) is 6.92 Å². The van der Waals surface area contributed by atoms with Crippen molar-refractivity contribution < 1.29 is 4.79 Å². The Labute approximate surface area is 109 Å². The normalized spacial score (nSPS) is 29.3. The minimum absolute atomic E-state index is 0.250. The summed E-state index contributed by atoms with van der Waals surface area (Å²) in [7, 11) is 0. The van der Waals surface area contributed by atoms with Crippen molar-refractivity contribution in [1.29, 1.82) is 0 Å². The van der Waals surface area contributed by atoms with Crippen molar-refractivity contribution in [3.63, 3.8) is 0 Å². The van der Waals surface area contributed by atoms with Gasteiger partial charge in [-0.3, -0.25) is 4.79 Å². The van der Waals surface area contributed by atoms with Crippen molar-refractivity contribution in [3.05, 3.63) is 35.4 Å². The van der Waals surface area contributed by atoms with Gasteiger partial charge in [0.2, 0.25) is 6.41 Å². The van der Waals surface area contributed by atoms with Crippen LogP contribution in [0.2, 0.25) is 0 Å². The molecule has 0 saturated carbocycles. The molecule has 0 aliphatic carbocycles. The maximum atomic E-state index is 8.58. The van der Waals surface area contributed by atoms with E-state index in [0.717, 1.165) is 18.0 Å². The van der Waals surface area contributed by atoms with Crippen LogP contribution < -0.4 is 11.1 Å². The van der Waals surface area contributed by atoms with Crippen molar-refractivity contribution in [2.75, 3.05) is 0 Å². The molecule has 1 aromatic carbocycles. The van der Waals surface area contributed by atoms with Crippen LogP contribution in [0.15, 0.2) is 24.3 Å². The number of carbonyl (C=O) groups is 1. The Balaban J connectivity index is 0.000000367. The molecule has 3 heteroatoms. The van der Waals surface area contributed by atoms with Crippen LogP contribution in [0.25, 0.3) is 0 Å². The third-order valence-electron chi connectivity index (χ3n) is 3.99. The fourth-order valence-electron chi connectivity index (χ4n) is 3.25. The third-order valence-corrected chi connectivity index (χ3v) is 3.99. The molecule has 2 saturated heterocycles. The molecule has 2 aliphatic heterocycles. The first kappa shape index (κ1) is 13.1. The summed E-state index contributed by atoms with van der Waals surface area (Å²) in [6.07, 6.45) is 5.74. The lowest BCUT2D eigenvalue weighted by Gasteiger charge is -2.29. The van der Waals surface area contributed by atoms with Crippen LogP contribution in [0.4, 0.5) is 0 Å². The van der Waals surface area contributed by atoms with Crippen molar-refractivity contribution in [1.82, 2.24) is 5.32 Å². The second kappa shape index (κ2) is 6.01. The number of amides is 1. The smallest absolute Gasteiger partial charge is 0.204 e. The number of nitrogens with two attached hydrogens (primary N) is 1. The Bertz CT molecular complexity index is 393. The summed E-state index contributed by atoms with van der Waals surface area (Å²) >= 11 is 0. The molecule has 2 fully saturated rings. The molecule has 1 aromatic rings. The first-order valence-electron chi connectivity index (χ1n) is 6.71. The van der Waals surface area contributed by atoms with Gasteiger partial charge in [-0.05, 0) is 44.1 Å². The number of hydrogen-bond donors (Lipinski definition) is 2. The first-order chi connectivity index (χ1) is 8.72. The quantitative estimate of drug-likeness (QED) is 0.746. The molecule has 18 heavy (non-hydrogen) atoms. The first-order valence-corrected chi connectivity index (χ1v) is 6.71. The fraction of sp³-hybridized carbons (Fsp3) is 0.533. The molecule has 0 radical (unpaired) electrons. The molecule has 98 valence electrons. The van der Waals surface area contributed by atoms with E-state index in [9.17, 15) is 0 Å². The second-order valence-electron chi connectivity index (χ2n) is 5.36. The maximum absolute atomic E-state index is 8.58. The summed E-state index contributed by atoms with van der Waals surface area (Å²) < 4.78 is 0. The zero-order valence-electron chi connectivity index (χ0n) is 10.9. The third kappa shape index (κ3) is 3.10. The van der Waals surface area contributed by atoms with E-state index in [0.29, 0.717) is 0 Å².